The van der Waals surface area contributed by atoms with Gasteiger partial charge in [-0.15, -0.1) is 0 Å². The monoisotopic (exact) mass is 324 g/mol. The average molecular weight is 324 g/mol. The van der Waals surface area contributed by atoms with Gasteiger partial charge in [-0.3, -0.25) is 9.78 Å². The van der Waals surface area contributed by atoms with Crippen molar-refractivity contribution in [1.82, 2.24) is 15.0 Å². The zero-order chi connectivity index (χ0) is 16.4. The van der Waals surface area contributed by atoms with E-state index >= 15 is 0 Å². The Kier molecular flexibility index (Phi) is 4.02. The van der Waals surface area contributed by atoms with E-state index in [0.717, 1.165) is 31.5 Å². The van der Waals surface area contributed by atoms with Crippen LogP contribution in [0.1, 0.15) is 31.2 Å². The summed E-state index contributed by atoms with van der Waals surface area (Å²) in [6.45, 7) is 2.56. The highest BCUT2D eigenvalue weighted by Crippen LogP contribution is 2.15. The molecule has 24 heavy (non-hydrogen) atoms. The molecule has 124 valence electrons. The van der Waals surface area contributed by atoms with Gasteiger partial charge < -0.3 is 4.90 Å². The molecular weight excluding hydrogens is 302 g/mol. The molecule has 6 nitrogen and oxygen atoms in total. The standard InChI is InChI=1S/C18H21N5O/c24-17-15-16(19-13-23(15)12-14-8-4-3-5-9-14)20-18(21-17)22-10-6-1-2-7-11-22/h3-5,8-9,13H,1-2,6-7,10-12H2,(H,20,21,24)/p+1. The highest BCUT2D eigenvalue weighted by Gasteiger charge is 2.20. The van der Waals surface area contributed by atoms with Gasteiger partial charge in [-0.25, -0.2) is 9.55 Å². The zero-order valence-corrected chi connectivity index (χ0v) is 13.7. The molecule has 0 saturated carbocycles. The van der Waals surface area contributed by atoms with E-state index in [1.165, 1.54) is 12.8 Å². The van der Waals surface area contributed by atoms with Gasteiger partial charge in [0.05, 0.1) is 0 Å². The maximum Gasteiger partial charge on any atom is 0.304 e. The second-order valence-electron chi connectivity index (χ2n) is 6.37. The maximum atomic E-state index is 12.6. The average Bonchev–Trinajstić information content (AvgIpc) is 2.83. The van der Waals surface area contributed by atoms with Gasteiger partial charge in [-0.05, 0) is 18.4 Å². The predicted molar refractivity (Wildman–Crippen MR) is 93.1 cm³/mol. The molecule has 0 radical (unpaired) electrons. The first-order valence-electron chi connectivity index (χ1n) is 8.61. The Balaban J connectivity index is 1.69. The van der Waals surface area contributed by atoms with Crippen molar-refractivity contribution >= 4 is 17.1 Å². The van der Waals surface area contributed by atoms with Crippen molar-refractivity contribution < 1.29 is 4.57 Å². The van der Waals surface area contributed by atoms with Crippen LogP contribution in [0.3, 0.4) is 0 Å². The number of aromatic amines is 2. The van der Waals surface area contributed by atoms with Crippen LogP contribution >= 0.6 is 0 Å². The van der Waals surface area contributed by atoms with Crippen molar-refractivity contribution in [3.05, 3.63) is 52.6 Å². The molecular formula is C18H22N5O+. The fourth-order valence-corrected chi connectivity index (χ4v) is 3.36. The van der Waals surface area contributed by atoms with Crippen LogP contribution in [0.4, 0.5) is 5.95 Å². The molecule has 1 aromatic carbocycles. The van der Waals surface area contributed by atoms with E-state index in [0.29, 0.717) is 23.7 Å². The quantitative estimate of drug-likeness (QED) is 0.724. The third-order valence-electron chi connectivity index (χ3n) is 4.63. The number of hydrogen-bond acceptors (Lipinski definition) is 3. The summed E-state index contributed by atoms with van der Waals surface area (Å²) in [6, 6.07) is 10.1. The highest BCUT2D eigenvalue weighted by molar-refractivity contribution is 5.66. The number of nitrogens with zero attached hydrogens (tertiary/aromatic N) is 3. The number of fused-ring (bicyclic) bond motifs is 1. The Morgan fingerprint density at radius 2 is 1.83 bits per heavy atom. The molecule has 2 N–H and O–H groups in total. The summed E-state index contributed by atoms with van der Waals surface area (Å²) in [4.78, 5) is 25.6. The van der Waals surface area contributed by atoms with E-state index in [2.05, 4.69) is 32.0 Å². The van der Waals surface area contributed by atoms with Crippen molar-refractivity contribution in [2.45, 2.75) is 32.2 Å². The van der Waals surface area contributed by atoms with Crippen LogP contribution in [0.5, 0.6) is 0 Å². The van der Waals surface area contributed by atoms with Gasteiger partial charge in [0.25, 0.3) is 11.2 Å². The van der Waals surface area contributed by atoms with Crippen molar-refractivity contribution in [3.8, 4) is 0 Å². The first-order valence-corrected chi connectivity index (χ1v) is 8.61. The minimum absolute atomic E-state index is 0.0866. The van der Waals surface area contributed by atoms with Crippen LogP contribution in [0.2, 0.25) is 0 Å². The van der Waals surface area contributed by atoms with Gasteiger partial charge >= 0.3 is 5.56 Å². The maximum absolute atomic E-state index is 12.6. The fraction of sp³-hybridized carbons (Fsp3) is 0.389. The molecule has 6 heteroatoms. The predicted octanol–water partition coefficient (Wildman–Crippen LogP) is 1.97. The molecule has 0 amide bonds. The molecule has 1 aliphatic rings. The normalized spacial score (nSPS) is 15.6. The molecule has 2 aromatic heterocycles. The number of hydrogen-bond donors (Lipinski definition) is 2. The fourth-order valence-electron chi connectivity index (χ4n) is 3.36. The minimum Gasteiger partial charge on any atom is -0.342 e. The molecule has 1 saturated heterocycles. The van der Waals surface area contributed by atoms with Crippen LogP contribution in [0.15, 0.2) is 41.5 Å². The minimum atomic E-state index is -0.0866. The zero-order valence-electron chi connectivity index (χ0n) is 13.7. The number of imidazole rings is 1. The SMILES string of the molecule is O=c1[nH]c(N2CCCCCC2)nc2[nH]c[n+](Cc3ccccc3)c12. The van der Waals surface area contributed by atoms with E-state index in [1.54, 1.807) is 0 Å². The Bertz CT molecular complexity index is 875. The summed E-state index contributed by atoms with van der Waals surface area (Å²) >= 11 is 0. The number of anilines is 1. The largest absolute Gasteiger partial charge is 0.342 e. The van der Waals surface area contributed by atoms with Crippen molar-refractivity contribution in [3.63, 3.8) is 0 Å². The molecule has 0 spiro atoms. The van der Waals surface area contributed by atoms with Crippen LogP contribution in [-0.4, -0.2) is 28.0 Å². The second kappa shape index (κ2) is 6.47. The Labute approximate surface area is 140 Å². The summed E-state index contributed by atoms with van der Waals surface area (Å²) < 4.78 is 1.92. The van der Waals surface area contributed by atoms with E-state index in [1.807, 2.05) is 29.1 Å². The lowest BCUT2D eigenvalue weighted by molar-refractivity contribution is -0.662. The molecule has 3 heterocycles. The Morgan fingerprint density at radius 1 is 1.08 bits per heavy atom. The van der Waals surface area contributed by atoms with Crippen LogP contribution in [0, 0.1) is 0 Å². The lowest BCUT2D eigenvalue weighted by atomic mass is 10.2. The summed E-state index contributed by atoms with van der Waals surface area (Å²) in [5, 5.41) is 0. The van der Waals surface area contributed by atoms with Gasteiger partial charge in [0, 0.05) is 13.1 Å². The number of benzene rings is 1. The smallest absolute Gasteiger partial charge is 0.304 e. The summed E-state index contributed by atoms with van der Waals surface area (Å²) in [5.41, 5.74) is 2.31. The molecule has 3 aromatic rings. The van der Waals surface area contributed by atoms with E-state index in [-0.39, 0.29) is 5.56 Å². The molecule has 0 unspecified atom stereocenters. The third-order valence-corrected chi connectivity index (χ3v) is 4.63. The molecule has 1 fully saturated rings. The van der Waals surface area contributed by atoms with Crippen LogP contribution in [0.25, 0.3) is 11.2 Å². The van der Waals surface area contributed by atoms with Gasteiger partial charge in [-0.2, -0.15) is 4.98 Å². The van der Waals surface area contributed by atoms with E-state index in [4.69, 9.17) is 0 Å². The lowest BCUT2D eigenvalue weighted by Gasteiger charge is -2.19. The van der Waals surface area contributed by atoms with E-state index < -0.39 is 0 Å². The van der Waals surface area contributed by atoms with Gasteiger partial charge in [-0.1, -0.05) is 43.2 Å². The summed E-state index contributed by atoms with van der Waals surface area (Å²) in [6.07, 6.45) is 6.64. The molecule has 0 atom stereocenters. The van der Waals surface area contributed by atoms with E-state index in [9.17, 15) is 4.79 Å². The van der Waals surface area contributed by atoms with Crippen LogP contribution in [-0.2, 0) is 6.54 Å². The Hall–Kier alpha value is -2.63. The lowest BCUT2D eigenvalue weighted by Crippen LogP contribution is -2.37. The highest BCUT2D eigenvalue weighted by atomic mass is 16.1. The van der Waals surface area contributed by atoms with Gasteiger partial charge in [0.15, 0.2) is 0 Å². The first kappa shape index (κ1) is 14.9. The van der Waals surface area contributed by atoms with Crippen molar-refractivity contribution in [1.29, 1.82) is 0 Å². The Morgan fingerprint density at radius 3 is 2.58 bits per heavy atom. The van der Waals surface area contributed by atoms with Crippen LogP contribution < -0.4 is 15.0 Å². The summed E-state index contributed by atoms with van der Waals surface area (Å²) in [7, 11) is 0. The van der Waals surface area contributed by atoms with Crippen molar-refractivity contribution in [2.75, 3.05) is 18.0 Å². The van der Waals surface area contributed by atoms with Crippen molar-refractivity contribution in [2.24, 2.45) is 0 Å². The molecule has 0 bridgehead atoms. The second-order valence-corrected chi connectivity index (χ2v) is 6.37. The topological polar surface area (TPSA) is 68.7 Å². The summed E-state index contributed by atoms with van der Waals surface area (Å²) in [5.74, 6) is 0.683. The molecule has 1 aliphatic heterocycles. The number of aromatic nitrogens is 4. The third kappa shape index (κ3) is 2.91. The number of rotatable bonds is 3. The molecule has 0 aliphatic carbocycles. The molecule has 4 rings (SSSR count). The number of H-pyrrole nitrogens is 2. The van der Waals surface area contributed by atoms with Gasteiger partial charge in [0.1, 0.15) is 6.54 Å². The first-order chi connectivity index (χ1) is 11.8. The number of nitrogens with one attached hydrogen (secondary N) is 2. The van der Waals surface area contributed by atoms with Gasteiger partial charge in [0.2, 0.25) is 12.3 Å².